The molecule has 24 heavy (non-hydrogen) atoms. The number of para-hydroxylation sites is 1. The van der Waals surface area contributed by atoms with Crippen molar-refractivity contribution < 1.29 is 4.52 Å². The molecule has 0 fully saturated rings. The maximum absolute atomic E-state index is 12.7. The molecule has 3 aromatic rings. The number of fused-ring (bicyclic) bond motifs is 1. The normalized spacial score (nSPS) is 11.0. The number of thioether (sulfide) groups is 1. The molecule has 2 heterocycles. The van der Waals surface area contributed by atoms with E-state index < -0.39 is 0 Å². The number of benzene rings is 1. The lowest BCUT2D eigenvalue weighted by Gasteiger charge is -2.10. The summed E-state index contributed by atoms with van der Waals surface area (Å²) in [5.41, 5.74) is 0.614. The van der Waals surface area contributed by atoms with E-state index in [1.807, 2.05) is 18.2 Å². The second kappa shape index (κ2) is 7.44. The smallest absolute Gasteiger partial charge is 0.262 e. The van der Waals surface area contributed by atoms with Gasteiger partial charge in [-0.1, -0.05) is 42.1 Å². The van der Waals surface area contributed by atoms with Gasteiger partial charge in [0.15, 0.2) is 11.0 Å². The van der Waals surface area contributed by atoms with E-state index in [4.69, 9.17) is 4.52 Å². The van der Waals surface area contributed by atoms with Crippen LogP contribution in [0, 0.1) is 0 Å². The first-order valence-electron chi connectivity index (χ1n) is 7.77. The van der Waals surface area contributed by atoms with Crippen LogP contribution in [0.3, 0.4) is 0 Å². The number of nitrogens with zero attached hydrogens (tertiary/aromatic N) is 4. The summed E-state index contributed by atoms with van der Waals surface area (Å²) >= 11 is 1.41. The fourth-order valence-electron chi connectivity index (χ4n) is 2.35. The summed E-state index contributed by atoms with van der Waals surface area (Å²) in [6.07, 6.45) is 3.45. The first-order valence-corrected chi connectivity index (χ1v) is 8.76. The van der Waals surface area contributed by atoms with Gasteiger partial charge in [-0.05, 0) is 18.6 Å². The quantitative estimate of drug-likeness (QED) is 0.373. The molecule has 0 bridgehead atoms. The maximum Gasteiger partial charge on any atom is 0.262 e. The fraction of sp³-hybridized carbons (Fsp3) is 0.294. The van der Waals surface area contributed by atoms with E-state index in [1.165, 1.54) is 11.8 Å². The summed E-state index contributed by atoms with van der Waals surface area (Å²) in [5, 5.41) is 5.16. The van der Waals surface area contributed by atoms with Gasteiger partial charge in [-0.3, -0.25) is 9.36 Å². The Balaban J connectivity index is 1.90. The average Bonchev–Trinajstić information content (AvgIpc) is 3.04. The zero-order valence-electron chi connectivity index (χ0n) is 13.4. The Labute approximate surface area is 143 Å². The molecule has 0 saturated heterocycles. The van der Waals surface area contributed by atoms with E-state index in [9.17, 15) is 4.79 Å². The van der Waals surface area contributed by atoms with Crippen LogP contribution in [0.25, 0.3) is 10.9 Å². The Morgan fingerprint density at radius 2 is 2.17 bits per heavy atom. The Morgan fingerprint density at radius 1 is 1.33 bits per heavy atom. The van der Waals surface area contributed by atoms with Gasteiger partial charge in [-0.25, -0.2) is 4.98 Å². The molecule has 7 heteroatoms. The second-order valence-electron chi connectivity index (χ2n) is 5.26. The molecule has 0 radical (unpaired) electrons. The molecule has 0 aliphatic carbocycles. The van der Waals surface area contributed by atoms with Crippen LogP contribution in [0.5, 0.6) is 0 Å². The molecule has 0 saturated carbocycles. The number of rotatable bonds is 7. The van der Waals surface area contributed by atoms with E-state index >= 15 is 0 Å². The summed E-state index contributed by atoms with van der Waals surface area (Å²) < 4.78 is 6.85. The topological polar surface area (TPSA) is 73.8 Å². The summed E-state index contributed by atoms with van der Waals surface area (Å²) in [4.78, 5) is 21.6. The van der Waals surface area contributed by atoms with Gasteiger partial charge >= 0.3 is 0 Å². The monoisotopic (exact) mass is 342 g/mol. The lowest BCUT2D eigenvalue weighted by molar-refractivity contribution is 0.384. The van der Waals surface area contributed by atoms with E-state index in [-0.39, 0.29) is 5.56 Å². The Kier molecular flexibility index (Phi) is 5.10. The van der Waals surface area contributed by atoms with Gasteiger partial charge in [0.05, 0.1) is 16.7 Å². The first-order chi connectivity index (χ1) is 11.7. The molecular weight excluding hydrogens is 324 g/mol. The highest BCUT2D eigenvalue weighted by molar-refractivity contribution is 7.98. The number of hydrogen-bond acceptors (Lipinski definition) is 6. The molecule has 0 unspecified atom stereocenters. The highest BCUT2D eigenvalue weighted by Gasteiger charge is 2.13. The highest BCUT2D eigenvalue weighted by atomic mass is 32.2. The minimum Gasteiger partial charge on any atom is -0.338 e. The van der Waals surface area contributed by atoms with E-state index in [1.54, 1.807) is 16.7 Å². The van der Waals surface area contributed by atoms with E-state index in [0.29, 0.717) is 40.1 Å². The molecule has 2 aromatic heterocycles. The number of hydrogen-bond donors (Lipinski definition) is 0. The minimum atomic E-state index is -0.0693. The van der Waals surface area contributed by atoms with Crippen molar-refractivity contribution in [1.82, 2.24) is 19.7 Å². The zero-order chi connectivity index (χ0) is 16.9. The van der Waals surface area contributed by atoms with Gasteiger partial charge in [0.25, 0.3) is 5.56 Å². The van der Waals surface area contributed by atoms with Crippen molar-refractivity contribution in [2.24, 2.45) is 0 Å². The third-order valence-corrected chi connectivity index (χ3v) is 4.41. The average molecular weight is 342 g/mol. The lowest BCUT2D eigenvalue weighted by atomic mass is 10.2. The number of allylic oxidation sites excluding steroid dienone is 1. The van der Waals surface area contributed by atoms with Crippen LogP contribution < -0.4 is 5.56 Å². The fourth-order valence-corrected chi connectivity index (χ4v) is 3.19. The Morgan fingerprint density at radius 3 is 2.96 bits per heavy atom. The first kappa shape index (κ1) is 16.4. The Bertz CT molecular complexity index is 916. The van der Waals surface area contributed by atoms with Crippen molar-refractivity contribution in [1.29, 1.82) is 0 Å². The summed E-state index contributed by atoms with van der Waals surface area (Å²) in [5.74, 6) is 1.72. The molecule has 0 spiro atoms. The Hall–Kier alpha value is -2.41. The van der Waals surface area contributed by atoms with Crippen molar-refractivity contribution in [2.75, 3.05) is 0 Å². The third-order valence-electron chi connectivity index (χ3n) is 3.45. The molecular formula is C17H18N4O2S. The molecule has 0 aliphatic rings. The van der Waals surface area contributed by atoms with Crippen LogP contribution in [-0.4, -0.2) is 19.7 Å². The van der Waals surface area contributed by atoms with Gasteiger partial charge in [0.1, 0.15) is 0 Å². The van der Waals surface area contributed by atoms with Crippen molar-refractivity contribution in [3.05, 3.63) is 59.0 Å². The SMILES string of the molecule is C=CCn1c(SCc2nc(CCC)no2)nc2ccccc2c1=O. The summed E-state index contributed by atoms with van der Waals surface area (Å²) in [6, 6.07) is 7.33. The molecule has 6 nitrogen and oxygen atoms in total. The second-order valence-corrected chi connectivity index (χ2v) is 6.20. The molecule has 0 amide bonds. The molecule has 0 atom stereocenters. The maximum atomic E-state index is 12.7. The molecule has 124 valence electrons. The van der Waals surface area contributed by atoms with Gasteiger partial charge in [-0.2, -0.15) is 4.98 Å². The van der Waals surface area contributed by atoms with Crippen molar-refractivity contribution in [3.8, 4) is 0 Å². The molecule has 1 aromatic carbocycles. The van der Waals surface area contributed by atoms with Gasteiger partial charge in [0.2, 0.25) is 5.89 Å². The predicted molar refractivity (Wildman–Crippen MR) is 94.1 cm³/mol. The number of aromatic nitrogens is 4. The van der Waals surface area contributed by atoms with Crippen molar-refractivity contribution in [2.45, 2.75) is 37.2 Å². The van der Waals surface area contributed by atoms with Crippen LogP contribution in [0.15, 0.2) is 51.4 Å². The minimum absolute atomic E-state index is 0.0693. The van der Waals surface area contributed by atoms with Crippen LogP contribution in [-0.2, 0) is 18.7 Å². The van der Waals surface area contributed by atoms with E-state index in [2.05, 4.69) is 28.6 Å². The van der Waals surface area contributed by atoms with Gasteiger partial charge < -0.3 is 4.52 Å². The van der Waals surface area contributed by atoms with Gasteiger partial charge in [0, 0.05) is 13.0 Å². The van der Waals surface area contributed by atoms with Crippen LogP contribution in [0.2, 0.25) is 0 Å². The van der Waals surface area contributed by atoms with Gasteiger partial charge in [-0.15, -0.1) is 6.58 Å². The molecule has 0 N–H and O–H groups in total. The summed E-state index contributed by atoms with van der Waals surface area (Å²) in [6.45, 7) is 6.20. The van der Waals surface area contributed by atoms with Crippen LogP contribution in [0.4, 0.5) is 0 Å². The number of aryl methyl sites for hydroxylation is 1. The highest BCUT2D eigenvalue weighted by Crippen LogP contribution is 2.21. The molecule has 3 rings (SSSR count). The van der Waals surface area contributed by atoms with Crippen molar-refractivity contribution >= 4 is 22.7 Å². The van der Waals surface area contributed by atoms with Crippen LogP contribution in [0.1, 0.15) is 25.1 Å². The van der Waals surface area contributed by atoms with Crippen LogP contribution >= 0.6 is 11.8 Å². The zero-order valence-corrected chi connectivity index (χ0v) is 14.3. The largest absolute Gasteiger partial charge is 0.338 e. The lowest BCUT2D eigenvalue weighted by Crippen LogP contribution is -2.22. The predicted octanol–water partition coefficient (Wildman–Crippen LogP) is 3.21. The standard InChI is InChI=1S/C17H18N4O2S/c1-3-7-14-19-15(23-20-14)11-24-17-18-13-9-6-5-8-12(13)16(22)21(17)10-4-2/h4-6,8-9H,2-3,7,10-11H2,1H3. The third kappa shape index (κ3) is 3.41. The van der Waals surface area contributed by atoms with E-state index in [0.717, 1.165) is 12.8 Å². The van der Waals surface area contributed by atoms with Crippen molar-refractivity contribution in [3.63, 3.8) is 0 Å². The molecule has 0 aliphatic heterocycles. The summed E-state index contributed by atoms with van der Waals surface area (Å²) in [7, 11) is 0.